The SMILES string of the molecule is COCO[C@H](CO[Si](C)(C)C(C)(C)C)C(CCl)O[Si](C)(C)C(C)(C)C. The third kappa shape index (κ3) is 7.99. The van der Waals surface area contributed by atoms with E-state index < -0.39 is 16.6 Å². The summed E-state index contributed by atoms with van der Waals surface area (Å²) in [5.74, 6) is 0.377. The van der Waals surface area contributed by atoms with Gasteiger partial charge in [0.05, 0.1) is 18.6 Å². The van der Waals surface area contributed by atoms with E-state index in [1.807, 2.05) is 0 Å². The zero-order valence-electron chi connectivity index (χ0n) is 18.3. The molecule has 0 aliphatic heterocycles. The zero-order chi connectivity index (χ0) is 20.1. The maximum Gasteiger partial charge on any atom is 0.192 e. The van der Waals surface area contributed by atoms with Gasteiger partial charge in [0.2, 0.25) is 0 Å². The highest BCUT2D eigenvalue weighted by Crippen LogP contribution is 2.39. The molecule has 1 unspecified atom stereocenters. The predicted octanol–water partition coefficient (Wildman–Crippen LogP) is 5.63. The first-order chi connectivity index (χ1) is 11.1. The van der Waals surface area contributed by atoms with E-state index in [0.717, 1.165) is 0 Å². The van der Waals surface area contributed by atoms with Crippen LogP contribution in [0.25, 0.3) is 0 Å². The fourth-order valence-corrected chi connectivity index (χ4v) is 4.41. The number of ether oxygens (including phenoxy) is 2. The highest BCUT2D eigenvalue weighted by molar-refractivity contribution is 6.74. The molecule has 7 heteroatoms. The normalized spacial score (nSPS) is 16.8. The summed E-state index contributed by atoms with van der Waals surface area (Å²) in [6.07, 6.45) is -0.442. The van der Waals surface area contributed by atoms with Crippen LogP contribution in [0.2, 0.25) is 36.3 Å². The molecule has 0 spiro atoms. The van der Waals surface area contributed by atoms with Crippen LogP contribution in [0.4, 0.5) is 0 Å². The quantitative estimate of drug-likeness (QED) is 0.265. The van der Waals surface area contributed by atoms with Crippen LogP contribution in [0.3, 0.4) is 0 Å². The number of hydrogen-bond donors (Lipinski definition) is 0. The van der Waals surface area contributed by atoms with Crippen LogP contribution in [0.5, 0.6) is 0 Å². The molecule has 0 radical (unpaired) electrons. The van der Waals surface area contributed by atoms with Gasteiger partial charge in [-0.1, -0.05) is 41.5 Å². The van der Waals surface area contributed by atoms with Gasteiger partial charge >= 0.3 is 0 Å². The third-order valence-corrected chi connectivity index (χ3v) is 14.9. The summed E-state index contributed by atoms with van der Waals surface area (Å²) in [6.45, 7) is 23.0. The molecule has 0 N–H and O–H groups in total. The average Bonchev–Trinajstić information content (AvgIpc) is 2.42. The fourth-order valence-electron chi connectivity index (χ4n) is 1.69. The van der Waals surface area contributed by atoms with Gasteiger partial charge in [0.15, 0.2) is 16.6 Å². The molecule has 2 atom stereocenters. The van der Waals surface area contributed by atoms with E-state index in [1.54, 1.807) is 7.11 Å². The Labute approximate surface area is 163 Å². The van der Waals surface area contributed by atoms with Gasteiger partial charge in [0.1, 0.15) is 12.9 Å². The van der Waals surface area contributed by atoms with Crippen molar-refractivity contribution in [2.24, 2.45) is 0 Å². The van der Waals surface area contributed by atoms with E-state index in [2.05, 4.69) is 67.7 Å². The van der Waals surface area contributed by atoms with E-state index in [-0.39, 0.29) is 29.1 Å². The van der Waals surface area contributed by atoms with Crippen molar-refractivity contribution in [2.45, 2.75) is 90.0 Å². The first-order valence-electron chi connectivity index (χ1n) is 9.07. The summed E-state index contributed by atoms with van der Waals surface area (Å²) >= 11 is 6.27. The topological polar surface area (TPSA) is 36.9 Å². The van der Waals surface area contributed by atoms with E-state index in [1.165, 1.54) is 0 Å². The molecule has 152 valence electrons. The van der Waals surface area contributed by atoms with Crippen molar-refractivity contribution in [1.82, 2.24) is 0 Å². The van der Waals surface area contributed by atoms with Gasteiger partial charge in [-0.2, -0.15) is 0 Å². The second-order valence-corrected chi connectivity index (χ2v) is 19.6. The van der Waals surface area contributed by atoms with Crippen molar-refractivity contribution < 1.29 is 18.3 Å². The molecular formula is C18H41ClO4Si2. The first kappa shape index (κ1) is 25.6. The molecule has 25 heavy (non-hydrogen) atoms. The lowest BCUT2D eigenvalue weighted by molar-refractivity contribution is -0.117. The van der Waals surface area contributed by atoms with Crippen molar-refractivity contribution in [3.05, 3.63) is 0 Å². The molecule has 0 aliphatic carbocycles. The molecule has 0 aromatic rings. The van der Waals surface area contributed by atoms with Crippen molar-refractivity contribution >= 4 is 28.2 Å². The van der Waals surface area contributed by atoms with Crippen LogP contribution in [0, 0.1) is 0 Å². The molecule has 0 rings (SSSR count). The Balaban J connectivity index is 5.21. The van der Waals surface area contributed by atoms with Gasteiger partial charge in [0.25, 0.3) is 0 Å². The Morgan fingerprint density at radius 2 is 1.32 bits per heavy atom. The van der Waals surface area contributed by atoms with Crippen LogP contribution in [0.1, 0.15) is 41.5 Å². The number of hydrogen-bond acceptors (Lipinski definition) is 4. The zero-order valence-corrected chi connectivity index (χ0v) is 21.0. The lowest BCUT2D eigenvalue weighted by atomic mass is 10.2. The largest absolute Gasteiger partial charge is 0.414 e. The van der Waals surface area contributed by atoms with Gasteiger partial charge in [-0.25, -0.2) is 0 Å². The van der Waals surface area contributed by atoms with Gasteiger partial charge < -0.3 is 18.3 Å². The van der Waals surface area contributed by atoms with Crippen LogP contribution < -0.4 is 0 Å². The van der Waals surface area contributed by atoms with E-state index in [9.17, 15) is 0 Å². The third-order valence-electron chi connectivity index (χ3n) is 5.63. The number of rotatable bonds is 10. The maximum absolute atomic E-state index is 6.52. The number of alkyl halides is 1. The number of methoxy groups -OCH3 is 1. The molecule has 4 nitrogen and oxygen atoms in total. The molecule has 0 bridgehead atoms. The Morgan fingerprint density at radius 1 is 0.840 bits per heavy atom. The highest BCUT2D eigenvalue weighted by atomic mass is 35.5. The summed E-state index contributed by atoms with van der Waals surface area (Å²) in [6, 6.07) is 0. The van der Waals surface area contributed by atoms with Crippen molar-refractivity contribution in [3.8, 4) is 0 Å². The van der Waals surface area contributed by atoms with E-state index >= 15 is 0 Å². The predicted molar refractivity (Wildman–Crippen MR) is 113 cm³/mol. The second kappa shape index (κ2) is 9.67. The Bertz CT molecular complexity index is 390. The molecule has 0 aromatic heterocycles. The molecule has 0 amide bonds. The molecule has 0 saturated carbocycles. The van der Waals surface area contributed by atoms with Crippen molar-refractivity contribution in [2.75, 3.05) is 26.4 Å². The van der Waals surface area contributed by atoms with Crippen LogP contribution in [-0.4, -0.2) is 55.2 Å². The van der Waals surface area contributed by atoms with Crippen molar-refractivity contribution in [3.63, 3.8) is 0 Å². The van der Waals surface area contributed by atoms with Gasteiger partial charge in [-0.05, 0) is 36.3 Å². The van der Waals surface area contributed by atoms with Crippen LogP contribution in [-0.2, 0) is 18.3 Å². The average molecular weight is 413 g/mol. The first-order valence-corrected chi connectivity index (χ1v) is 15.4. The Morgan fingerprint density at radius 3 is 1.68 bits per heavy atom. The Kier molecular flexibility index (Phi) is 9.88. The highest BCUT2D eigenvalue weighted by Gasteiger charge is 2.42. The lowest BCUT2D eigenvalue weighted by Crippen LogP contribution is -2.51. The molecule has 0 fully saturated rings. The summed E-state index contributed by atoms with van der Waals surface area (Å²) in [5, 5.41) is 0.263. The molecule has 0 aliphatic rings. The van der Waals surface area contributed by atoms with Gasteiger partial charge in [-0.3, -0.25) is 0 Å². The van der Waals surface area contributed by atoms with Gasteiger partial charge in [-0.15, -0.1) is 11.6 Å². The van der Waals surface area contributed by atoms with E-state index in [0.29, 0.717) is 12.5 Å². The Hall–Kier alpha value is 0.564. The standard InChI is InChI=1S/C18H41ClO4Si2/c1-17(2,3)24(8,9)22-13-16(21-14-20-7)15(12-19)23-25(10,11)18(4,5)6/h15-16H,12-14H2,1-11H3/t15?,16-/m1/s1. The smallest absolute Gasteiger partial charge is 0.192 e. The van der Waals surface area contributed by atoms with Crippen LogP contribution in [0.15, 0.2) is 0 Å². The minimum Gasteiger partial charge on any atom is -0.414 e. The minimum atomic E-state index is -1.95. The monoisotopic (exact) mass is 412 g/mol. The van der Waals surface area contributed by atoms with Gasteiger partial charge in [0, 0.05) is 7.11 Å². The summed E-state index contributed by atoms with van der Waals surface area (Å²) in [4.78, 5) is 0. The molecular weight excluding hydrogens is 372 g/mol. The van der Waals surface area contributed by atoms with Crippen LogP contribution >= 0.6 is 11.6 Å². The second-order valence-electron chi connectivity index (χ2n) is 9.75. The lowest BCUT2D eigenvalue weighted by Gasteiger charge is -2.42. The number of halogens is 1. The summed E-state index contributed by atoms with van der Waals surface area (Å²) in [5.41, 5.74) is 0. The fraction of sp³-hybridized carbons (Fsp3) is 1.00. The molecule has 0 heterocycles. The summed E-state index contributed by atoms with van der Waals surface area (Å²) < 4.78 is 23.9. The maximum atomic E-state index is 6.52. The van der Waals surface area contributed by atoms with E-state index in [4.69, 9.17) is 29.9 Å². The minimum absolute atomic E-state index is 0.114. The van der Waals surface area contributed by atoms with Crippen molar-refractivity contribution in [1.29, 1.82) is 0 Å². The molecule has 0 saturated heterocycles. The molecule has 0 aromatic carbocycles. The summed E-state index contributed by atoms with van der Waals surface area (Å²) in [7, 11) is -2.20.